The van der Waals surface area contributed by atoms with Gasteiger partial charge in [0.05, 0.1) is 12.2 Å². The molecule has 2 aromatic heterocycles. The molecule has 142 valence electrons. The van der Waals surface area contributed by atoms with Crippen LogP contribution in [0.25, 0.3) is 0 Å². The van der Waals surface area contributed by atoms with Gasteiger partial charge in [-0.15, -0.1) is 24.0 Å². The van der Waals surface area contributed by atoms with Gasteiger partial charge in [-0.05, 0) is 31.5 Å². The van der Waals surface area contributed by atoms with Crippen LogP contribution in [0.4, 0.5) is 10.2 Å². The molecule has 0 bridgehead atoms. The Labute approximate surface area is 170 Å². The first kappa shape index (κ1) is 20.4. The van der Waals surface area contributed by atoms with E-state index in [0.29, 0.717) is 18.9 Å². The lowest BCUT2D eigenvalue weighted by Crippen LogP contribution is -2.44. The van der Waals surface area contributed by atoms with Gasteiger partial charge in [-0.25, -0.2) is 14.4 Å². The Kier molecular flexibility index (Phi) is 7.61. The zero-order valence-corrected chi connectivity index (χ0v) is 17.4. The van der Waals surface area contributed by atoms with E-state index in [0.717, 1.165) is 31.2 Å². The van der Waals surface area contributed by atoms with Crippen molar-refractivity contribution < 1.29 is 4.39 Å². The van der Waals surface area contributed by atoms with Crippen LogP contribution >= 0.6 is 24.0 Å². The Balaban J connectivity index is 0.00000243. The molecule has 0 amide bonds. The zero-order chi connectivity index (χ0) is 17.6. The number of hydrogen-bond acceptors (Lipinski definition) is 4. The Morgan fingerprint density at radius 1 is 1.38 bits per heavy atom. The van der Waals surface area contributed by atoms with E-state index in [-0.39, 0.29) is 35.8 Å². The molecule has 3 rings (SSSR count). The predicted molar refractivity (Wildman–Crippen MR) is 111 cm³/mol. The summed E-state index contributed by atoms with van der Waals surface area (Å²) in [5, 5.41) is 10.8. The first-order chi connectivity index (χ1) is 12.2. The van der Waals surface area contributed by atoms with Gasteiger partial charge in [0, 0.05) is 45.1 Å². The molecule has 3 heterocycles. The fraction of sp³-hybridized carbons (Fsp3) is 0.471. The van der Waals surface area contributed by atoms with Crippen molar-refractivity contribution in [3.8, 4) is 0 Å². The summed E-state index contributed by atoms with van der Waals surface area (Å²) in [6.45, 7) is 4.84. The van der Waals surface area contributed by atoms with Gasteiger partial charge in [-0.3, -0.25) is 4.68 Å². The largest absolute Gasteiger partial charge is 0.357 e. The number of halogens is 2. The molecule has 0 aromatic carbocycles. The molecule has 0 spiro atoms. The molecule has 1 saturated heterocycles. The molecular weight excluding hydrogens is 448 g/mol. The van der Waals surface area contributed by atoms with E-state index < -0.39 is 0 Å². The van der Waals surface area contributed by atoms with Crippen molar-refractivity contribution in [2.45, 2.75) is 25.9 Å². The fourth-order valence-corrected chi connectivity index (χ4v) is 2.91. The molecule has 1 aliphatic heterocycles. The summed E-state index contributed by atoms with van der Waals surface area (Å²) in [6.07, 6.45) is 4.30. The second kappa shape index (κ2) is 9.70. The maximum Gasteiger partial charge on any atom is 0.191 e. The Morgan fingerprint density at radius 2 is 2.23 bits per heavy atom. The van der Waals surface area contributed by atoms with Crippen LogP contribution in [0.15, 0.2) is 35.6 Å². The van der Waals surface area contributed by atoms with Gasteiger partial charge < -0.3 is 15.5 Å². The monoisotopic (exact) mass is 473 g/mol. The number of hydrogen-bond donors (Lipinski definition) is 2. The topological polar surface area (TPSA) is 70.4 Å². The lowest BCUT2D eigenvalue weighted by atomic mass is 10.3. The minimum atomic E-state index is -0.278. The minimum Gasteiger partial charge on any atom is -0.357 e. The van der Waals surface area contributed by atoms with E-state index in [1.54, 1.807) is 18.5 Å². The highest BCUT2D eigenvalue weighted by Gasteiger charge is 2.25. The van der Waals surface area contributed by atoms with E-state index >= 15 is 0 Å². The average molecular weight is 473 g/mol. The number of aliphatic imine (C=N–C) groups is 1. The second-order valence-corrected chi connectivity index (χ2v) is 6.03. The quantitative estimate of drug-likeness (QED) is 0.395. The molecular formula is C17H25FIN7. The van der Waals surface area contributed by atoms with Gasteiger partial charge in [0.2, 0.25) is 0 Å². The fourth-order valence-electron chi connectivity index (χ4n) is 2.91. The van der Waals surface area contributed by atoms with Crippen molar-refractivity contribution in [3.05, 3.63) is 42.1 Å². The summed E-state index contributed by atoms with van der Waals surface area (Å²) in [6, 6.07) is 5.21. The van der Waals surface area contributed by atoms with Crippen LogP contribution in [0, 0.1) is 5.82 Å². The second-order valence-electron chi connectivity index (χ2n) is 6.03. The maximum atomic E-state index is 13.9. The molecule has 1 unspecified atom stereocenters. The van der Waals surface area contributed by atoms with Crippen LogP contribution in [-0.4, -0.2) is 46.4 Å². The van der Waals surface area contributed by atoms with Crippen LogP contribution in [0.2, 0.25) is 0 Å². The van der Waals surface area contributed by atoms with Gasteiger partial charge in [0.1, 0.15) is 0 Å². The minimum absolute atomic E-state index is 0. The SMILES string of the molecule is CCNC(=NCc1ccnn1C)NC1CCN(c2ncccc2F)C1.I. The number of nitrogens with zero attached hydrogens (tertiary/aromatic N) is 5. The summed E-state index contributed by atoms with van der Waals surface area (Å²) in [5.74, 6) is 0.903. The van der Waals surface area contributed by atoms with Crippen molar-refractivity contribution in [1.29, 1.82) is 0 Å². The van der Waals surface area contributed by atoms with E-state index in [2.05, 4.69) is 25.7 Å². The number of pyridine rings is 1. The molecule has 9 heteroatoms. The third-order valence-corrected chi connectivity index (χ3v) is 4.23. The van der Waals surface area contributed by atoms with Gasteiger partial charge in [0.25, 0.3) is 0 Å². The van der Waals surface area contributed by atoms with Crippen molar-refractivity contribution in [3.63, 3.8) is 0 Å². The first-order valence-electron chi connectivity index (χ1n) is 8.54. The molecule has 1 atom stereocenters. The molecule has 1 aliphatic rings. The number of rotatable bonds is 5. The number of nitrogens with one attached hydrogen (secondary N) is 2. The van der Waals surface area contributed by atoms with Crippen LogP contribution in [0.5, 0.6) is 0 Å². The summed E-state index contributed by atoms with van der Waals surface area (Å²) >= 11 is 0. The zero-order valence-electron chi connectivity index (χ0n) is 15.0. The Morgan fingerprint density at radius 3 is 2.92 bits per heavy atom. The van der Waals surface area contributed by atoms with Crippen molar-refractivity contribution in [1.82, 2.24) is 25.4 Å². The Hall–Kier alpha value is -1.91. The first-order valence-corrected chi connectivity index (χ1v) is 8.54. The summed E-state index contributed by atoms with van der Waals surface area (Å²) < 4.78 is 15.7. The predicted octanol–water partition coefficient (Wildman–Crippen LogP) is 1.91. The maximum absolute atomic E-state index is 13.9. The van der Waals surface area contributed by atoms with Crippen LogP contribution in [0.1, 0.15) is 19.0 Å². The molecule has 2 aromatic rings. The van der Waals surface area contributed by atoms with Crippen molar-refractivity contribution in [2.75, 3.05) is 24.5 Å². The summed E-state index contributed by atoms with van der Waals surface area (Å²) in [5.41, 5.74) is 1.04. The normalized spacial score (nSPS) is 17.1. The average Bonchev–Trinajstić information content (AvgIpc) is 3.22. The van der Waals surface area contributed by atoms with Gasteiger partial charge in [0.15, 0.2) is 17.6 Å². The molecule has 0 saturated carbocycles. The molecule has 0 aliphatic carbocycles. The summed E-state index contributed by atoms with van der Waals surface area (Å²) in [4.78, 5) is 10.7. The van der Waals surface area contributed by atoms with Gasteiger partial charge in [-0.2, -0.15) is 5.10 Å². The third kappa shape index (κ3) is 5.05. The van der Waals surface area contributed by atoms with E-state index in [1.165, 1.54) is 6.07 Å². The van der Waals surface area contributed by atoms with E-state index in [1.807, 2.05) is 29.6 Å². The molecule has 26 heavy (non-hydrogen) atoms. The van der Waals surface area contributed by atoms with Crippen LogP contribution in [0.3, 0.4) is 0 Å². The number of aryl methyl sites for hydroxylation is 1. The lowest BCUT2D eigenvalue weighted by Gasteiger charge is -2.19. The van der Waals surface area contributed by atoms with Crippen molar-refractivity contribution >= 4 is 35.8 Å². The lowest BCUT2D eigenvalue weighted by molar-refractivity contribution is 0.612. The Bertz CT molecular complexity index is 733. The van der Waals surface area contributed by atoms with Crippen molar-refractivity contribution in [2.24, 2.45) is 12.0 Å². The molecule has 2 N–H and O–H groups in total. The number of guanidine groups is 1. The number of anilines is 1. The molecule has 1 fully saturated rings. The van der Waals surface area contributed by atoms with E-state index in [4.69, 9.17) is 0 Å². The number of aromatic nitrogens is 3. The highest BCUT2D eigenvalue weighted by molar-refractivity contribution is 14.0. The third-order valence-electron chi connectivity index (χ3n) is 4.23. The molecule has 0 radical (unpaired) electrons. The van der Waals surface area contributed by atoms with Crippen LogP contribution in [-0.2, 0) is 13.6 Å². The highest BCUT2D eigenvalue weighted by atomic mass is 127. The standard InChI is InChI=1S/C17H24FN7.HI/c1-3-19-17(21-11-14-6-9-22-24(14)2)23-13-7-10-25(12-13)16-15(18)5-4-8-20-16;/h4-6,8-9,13H,3,7,10-12H2,1-2H3,(H2,19,21,23);1H. The summed E-state index contributed by atoms with van der Waals surface area (Å²) in [7, 11) is 1.90. The van der Waals surface area contributed by atoms with Gasteiger partial charge >= 0.3 is 0 Å². The van der Waals surface area contributed by atoms with Crippen LogP contribution < -0.4 is 15.5 Å². The van der Waals surface area contributed by atoms with E-state index in [9.17, 15) is 4.39 Å². The van der Waals surface area contributed by atoms with Gasteiger partial charge in [-0.1, -0.05) is 0 Å². The molecule has 7 nitrogen and oxygen atoms in total. The smallest absolute Gasteiger partial charge is 0.191 e. The highest BCUT2D eigenvalue weighted by Crippen LogP contribution is 2.20.